The van der Waals surface area contributed by atoms with Crippen molar-refractivity contribution in [1.29, 1.82) is 0 Å². The van der Waals surface area contributed by atoms with Gasteiger partial charge in [0, 0.05) is 36.8 Å². The zero-order valence-corrected chi connectivity index (χ0v) is 20.0. The van der Waals surface area contributed by atoms with E-state index in [1.54, 1.807) is 24.3 Å². The molecule has 0 aromatic heterocycles. The van der Waals surface area contributed by atoms with E-state index in [2.05, 4.69) is 34.5 Å². The molecular formula is C28H30ClN3O2. The Balaban J connectivity index is 1.35. The molecule has 4 rings (SSSR count). The number of carbonyl (C=O) groups is 2. The number of hydrogen-bond acceptors (Lipinski definition) is 3. The zero-order chi connectivity index (χ0) is 23.8. The molecule has 34 heavy (non-hydrogen) atoms. The first-order chi connectivity index (χ1) is 16.6. The maximum Gasteiger partial charge on any atom is 0.253 e. The largest absolute Gasteiger partial charge is 0.348 e. The van der Waals surface area contributed by atoms with Gasteiger partial charge in [0.1, 0.15) is 0 Å². The van der Waals surface area contributed by atoms with Crippen LogP contribution in [0.3, 0.4) is 0 Å². The van der Waals surface area contributed by atoms with Gasteiger partial charge >= 0.3 is 0 Å². The molecule has 3 aromatic rings. The van der Waals surface area contributed by atoms with Crippen molar-refractivity contribution >= 4 is 23.4 Å². The lowest BCUT2D eigenvalue weighted by molar-refractivity contribution is -0.123. The van der Waals surface area contributed by atoms with Gasteiger partial charge in [-0.2, -0.15) is 0 Å². The van der Waals surface area contributed by atoms with Crippen molar-refractivity contribution in [3.63, 3.8) is 0 Å². The number of amides is 2. The fourth-order valence-electron chi connectivity index (χ4n) is 4.37. The Hall–Kier alpha value is -3.15. The number of rotatable bonds is 7. The number of hydrogen-bond donors (Lipinski definition) is 1. The highest BCUT2D eigenvalue weighted by atomic mass is 35.5. The van der Waals surface area contributed by atoms with Gasteiger partial charge in [0.15, 0.2) is 0 Å². The van der Waals surface area contributed by atoms with Crippen LogP contribution in [0.1, 0.15) is 33.9 Å². The molecule has 1 saturated heterocycles. The standard InChI is InChI=1S/C28H30ClN3O2/c29-25-14-7-13-24(20-25)28(34)32-16-8-15-31(17-18-32)21-27(33)30-26(23-11-5-2-6-12-23)19-22-9-3-1-4-10-22/h1-7,9-14,20,26H,8,15-19,21H2,(H,30,33). The molecule has 1 aliphatic heterocycles. The summed E-state index contributed by atoms with van der Waals surface area (Å²) in [5, 5.41) is 3.80. The van der Waals surface area contributed by atoms with E-state index in [4.69, 9.17) is 11.6 Å². The highest BCUT2D eigenvalue weighted by molar-refractivity contribution is 6.30. The van der Waals surface area contributed by atoms with Crippen LogP contribution in [0.15, 0.2) is 84.9 Å². The van der Waals surface area contributed by atoms with Crippen molar-refractivity contribution in [3.8, 4) is 0 Å². The second kappa shape index (κ2) is 11.8. The van der Waals surface area contributed by atoms with Crippen molar-refractivity contribution in [3.05, 3.63) is 107 Å². The van der Waals surface area contributed by atoms with Crippen LogP contribution in [0.5, 0.6) is 0 Å². The molecule has 0 saturated carbocycles. The van der Waals surface area contributed by atoms with E-state index in [9.17, 15) is 9.59 Å². The van der Waals surface area contributed by atoms with Gasteiger partial charge in [0.2, 0.25) is 5.91 Å². The molecule has 1 fully saturated rings. The maximum atomic E-state index is 13.0. The molecule has 176 valence electrons. The average molecular weight is 476 g/mol. The Bertz CT molecular complexity index is 1090. The van der Waals surface area contributed by atoms with Gasteiger partial charge in [-0.05, 0) is 42.2 Å². The van der Waals surface area contributed by atoms with Crippen molar-refractivity contribution in [2.45, 2.75) is 18.9 Å². The Morgan fingerprint density at radius 1 is 0.853 bits per heavy atom. The van der Waals surface area contributed by atoms with E-state index in [1.165, 1.54) is 5.56 Å². The van der Waals surface area contributed by atoms with Crippen LogP contribution in [0.4, 0.5) is 0 Å². The van der Waals surface area contributed by atoms with Crippen molar-refractivity contribution in [1.82, 2.24) is 15.1 Å². The zero-order valence-electron chi connectivity index (χ0n) is 19.2. The number of benzene rings is 3. The SMILES string of the molecule is O=C(CN1CCCN(C(=O)c2cccc(Cl)c2)CC1)NC(Cc1ccccc1)c1ccccc1. The summed E-state index contributed by atoms with van der Waals surface area (Å²) in [6.45, 7) is 3.02. The third-order valence-electron chi connectivity index (χ3n) is 6.13. The molecule has 1 unspecified atom stereocenters. The molecule has 1 atom stereocenters. The molecule has 1 aliphatic rings. The summed E-state index contributed by atoms with van der Waals surface area (Å²) >= 11 is 6.05. The Kier molecular flexibility index (Phi) is 8.34. The lowest BCUT2D eigenvalue weighted by Crippen LogP contribution is -2.41. The summed E-state index contributed by atoms with van der Waals surface area (Å²) in [5.74, 6) is -0.0137. The van der Waals surface area contributed by atoms with Gasteiger partial charge in [-0.15, -0.1) is 0 Å². The van der Waals surface area contributed by atoms with Crippen molar-refractivity contribution in [2.24, 2.45) is 0 Å². The quantitative estimate of drug-likeness (QED) is 0.544. The summed E-state index contributed by atoms with van der Waals surface area (Å²) in [7, 11) is 0. The number of carbonyl (C=O) groups excluding carboxylic acids is 2. The molecule has 6 heteroatoms. The molecule has 0 spiro atoms. The normalized spacial score (nSPS) is 15.4. The first kappa shape index (κ1) is 24.0. The Morgan fingerprint density at radius 3 is 2.32 bits per heavy atom. The van der Waals surface area contributed by atoms with Crippen LogP contribution >= 0.6 is 11.6 Å². The van der Waals surface area contributed by atoms with Gasteiger partial charge in [-0.25, -0.2) is 0 Å². The summed E-state index contributed by atoms with van der Waals surface area (Å²) < 4.78 is 0. The second-order valence-electron chi connectivity index (χ2n) is 8.65. The smallest absolute Gasteiger partial charge is 0.253 e. The van der Waals surface area contributed by atoms with Gasteiger partial charge in [0.05, 0.1) is 12.6 Å². The molecule has 5 nitrogen and oxygen atoms in total. The predicted molar refractivity (Wildman–Crippen MR) is 136 cm³/mol. The predicted octanol–water partition coefficient (Wildman–Crippen LogP) is 4.59. The van der Waals surface area contributed by atoms with Gasteiger partial charge in [-0.3, -0.25) is 14.5 Å². The monoisotopic (exact) mass is 475 g/mol. The van der Waals surface area contributed by atoms with Crippen LogP contribution in [0.2, 0.25) is 5.02 Å². The number of nitrogens with zero attached hydrogens (tertiary/aromatic N) is 2. The summed E-state index contributed by atoms with van der Waals surface area (Å²) in [6.07, 6.45) is 1.56. The lowest BCUT2D eigenvalue weighted by atomic mass is 9.99. The van der Waals surface area contributed by atoms with Gasteiger partial charge in [0.25, 0.3) is 5.91 Å². The molecule has 0 radical (unpaired) electrons. The maximum absolute atomic E-state index is 13.0. The summed E-state index contributed by atoms with van der Waals surface area (Å²) in [6, 6.07) is 27.3. The van der Waals surface area contributed by atoms with Crippen LogP contribution in [-0.2, 0) is 11.2 Å². The Morgan fingerprint density at radius 2 is 1.59 bits per heavy atom. The van der Waals surface area contributed by atoms with E-state index >= 15 is 0 Å². The van der Waals surface area contributed by atoms with Gasteiger partial charge < -0.3 is 10.2 Å². The minimum Gasteiger partial charge on any atom is -0.348 e. The van der Waals surface area contributed by atoms with Crippen molar-refractivity contribution in [2.75, 3.05) is 32.7 Å². The van der Waals surface area contributed by atoms with E-state index in [1.807, 2.05) is 41.3 Å². The van der Waals surface area contributed by atoms with Crippen LogP contribution in [0.25, 0.3) is 0 Å². The fourth-order valence-corrected chi connectivity index (χ4v) is 4.56. The summed E-state index contributed by atoms with van der Waals surface area (Å²) in [4.78, 5) is 29.9. The minimum absolute atomic E-state index is 0.000554. The third-order valence-corrected chi connectivity index (χ3v) is 6.37. The number of nitrogens with one attached hydrogen (secondary N) is 1. The third kappa shape index (κ3) is 6.69. The van der Waals surface area contributed by atoms with Gasteiger partial charge in [-0.1, -0.05) is 78.3 Å². The van der Waals surface area contributed by atoms with E-state index in [0.717, 1.165) is 24.9 Å². The molecule has 3 aromatic carbocycles. The van der Waals surface area contributed by atoms with Crippen LogP contribution in [0, 0.1) is 0 Å². The Labute approximate surface area is 206 Å². The number of halogens is 1. The van der Waals surface area contributed by atoms with E-state index in [-0.39, 0.29) is 17.9 Å². The average Bonchev–Trinajstić information content (AvgIpc) is 3.10. The molecule has 0 bridgehead atoms. The van der Waals surface area contributed by atoms with E-state index in [0.29, 0.717) is 36.8 Å². The van der Waals surface area contributed by atoms with E-state index < -0.39 is 0 Å². The van der Waals surface area contributed by atoms with Crippen LogP contribution < -0.4 is 5.32 Å². The summed E-state index contributed by atoms with van der Waals surface area (Å²) in [5.41, 5.74) is 2.88. The first-order valence-corrected chi connectivity index (χ1v) is 12.1. The topological polar surface area (TPSA) is 52.7 Å². The minimum atomic E-state index is -0.0935. The molecule has 2 amide bonds. The molecule has 1 heterocycles. The molecular weight excluding hydrogens is 446 g/mol. The highest BCUT2D eigenvalue weighted by Crippen LogP contribution is 2.19. The van der Waals surface area contributed by atoms with Crippen LogP contribution in [-0.4, -0.2) is 54.3 Å². The highest BCUT2D eigenvalue weighted by Gasteiger charge is 2.23. The second-order valence-corrected chi connectivity index (χ2v) is 9.09. The van der Waals surface area contributed by atoms with Crippen molar-refractivity contribution < 1.29 is 9.59 Å². The molecule has 1 N–H and O–H groups in total. The first-order valence-electron chi connectivity index (χ1n) is 11.7. The lowest BCUT2D eigenvalue weighted by Gasteiger charge is -2.24. The molecule has 0 aliphatic carbocycles. The fraction of sp³-hybridized carbons (Fsp3) is 0.286.